The quantitative estimate of drug-likeness (QED) is 0.374. The van der Waals surface area contributed by atoms with Crippen LogP contribution < -0.4 is 11.4 Å². The zero-order valence-corrected chi connectivity index (χ0v) is 15.6. The maximum Gasteiger partial charge on any atom is 0.337 e. The average Bonchev–Trinajstić information content (AvgIpc) is 3.08. The predicted octanol–water partition coefficient (Wildman–Crippen LogP) is 2.41. The summed E-state index contributed by atoms with van der Waals surface area (Å²) in [6.45, 7) is 2.17. The summed E-state index contributed by atoms with van der Waals surface area (Å²) in [6.07, 6.45) is 4.33. The van der Waals surface area contributed by atoms with E-state index < -0.39 is 0 Å². The largest absolute Gasteiger partial charge is 0.466 e. The van der Waals surface area contributed by atoms with Gasteiger partial charge in [-0.05, 0) is 55.3 Å². The molecule has 1 heterocycles. The number of amidine groups is 1. The highest BCUT2D eigenvalue weighted by Gasteiger charge is 2.08. The summed E-state index contributed by atoms with van der Waals surface area (Å²) in [5.74, 6) is -0.227. The number of aromatic nitrogens is 2. The van der Waals surface area contributed by atoms with E-state index in [1.54, 1.807) is 48.1 Å². The molecule has 0 aliphatic carbocycles. The number of nitrogen functional groups attached to an aromatic ring is 1. The van der Waals surface area contributed by atoms with E-state index in [1.165, 1.54) is 4.57 Å². The molecule has 28 heavy (non-hydrogen) atoms. The van der Waals surface area contributed by atoms with Crippen LogP contribution in [0, 0.1) is 5.41 Å². The van der Waals surface area contributed by atoms with Gasteiger partial charge in [0.15, 0.2) is 0 Å². The number of carbonyl (C=O) groups is 1. The van der Waals surface area contributed by atoms with Crippen LogP contribution in [0.15, 0.2) is 65.7 Å². The molecule has 7 heteroatoms. The highest BCUT2D eigenvalue weighted by atomic mass is 16.5. The van der Waals surface area contributed by atoms with Crippen LogP contribution in [-0.4, -0.2) is 27.5 Å². The maximum absolute atomic E-state index is 12.8. The molecule has 3 N–H and O–H groups in total. The number of nitrogens with zero attached hydrogens (tertiary/aromatic N) is 2. The third-order valence-electron chi connectivity index (χ3n) is 4.37. The molecular weight excluding hydrogens is 356 g/mol. The first kappa shape index (κ1) is 19.2. The third-order valence-corrected chi connectivity index (χ3v) is 4.37. The number of ether oxygens (including phenoxy) is 1. The van der Waals surface area contributed by atoms with Gasteiger partial charge in [0.25, 0.3) is 0 Å². The number of aryl methyl sites for hydroxylation is 1. The second kappa shape index (κ2) is 8.39. The summed E-state index contributed by atoms with van der Waals surface area (Å²) < 4.78 is 8.01. The number of imidazole rings is 1. The number of hydrogen-bond donors (Lipinski definition) is 2. The Labute approximate surface area is 162 Å². The van der Waals surface area contributed by atoms with Crippen molar-refractivity contribution in [2.24, 2.45) is 5.73 Å². The van der Waals surface area contributed by atoms with Crippen molar-refractivity contribution in [1.82, 2.24) is 9.13 Å². The summed E-state index contributed by atoms with van der Waals surface area (Å²) >= 11 is 0. The van der Waals surface area contributed by atoms with Crippen molar-refractivity contribution < 1.29 is 9.53 Å². The molecule has 0 saturated carbocycles. The highest BCUT2D eigenvalue weighted by Crippen LogP contribution is 2.12. The Morgan fingerprint density at radius 2 is 1.54 bits per heavy atom. The van der Waals surface area contributed by atoms with Crippen LogP contribution in [0.25, 0.3) is 11.4 Å². The van der Waals surface area contributed by atoms with E-state index in [2.05, 4.69) is 0 Å². The molecule has 3 rings (SSSR count). The van der Waals surface area contributed by atoms with Crippen molar-refractivity contribution in [2.45, 2.75) is 19.8 Å². The minimum Gasteiger partial charge on any atom is -0.466 e. The van der Waals surface area contributed by atoms with E-state index in [9.17, 15) is 9.59 Å². The lowest BCUT2D eigenvalue weighted by Gasteiger charge is -2.06. The lowest BCUT2D eigenvalue weighted by Crippen LogP contribution is -2.21. The molecule has 0 unspecified atom stereocenters. The molecule has 0 aliphatic rings. The molecule has 144 valence electrons. The van der Waals surface area contributed by atoms with E-state index >= 15 is 0 Å². The number of hydrogen-bond acceptors (Lipinski definition) is 4. The van der Waals surface area contributed by atoms with Gasteiger partial charge in [0, 0.05) is 24.4 Å². The fourth-order valence-corrected chi connectivity index (χ4v) is 2.87. The summed E-state index contributed by atoms with van der Waals surface area (Å²) in [4.78, 5) is 24.2. The zero-order chi connectivity index (χ0) is 20.1. The topological polar surface area (TPSA) is 103 Å². The minimum atomic E-state index is -0.212. The van der Waals surface area contributed by atoms with Crippen LogP contribution in [-0.2, 0) is 16.0 Å². The van der Waals surface area contributed by atoms with Crippen molar-refractivity contribution in [3.05, 3.63) is 82.5 Å². The maximum atomic E-state index is 12.8. The van der Waals surface area contributed by atoms with E-state index in [0.29, 0.717) is 30.7 Å². The molecule has 0 radical (unpaired) electrons. The highest BCUT2D eigenvalue weighted by molar-refractivity contribution is 5.95. The van der Waals surface area contributed by atoms with Crippen molar-refractivity contribution in [3.8, 4) is 11.4 Å². The predicted molar refractivity (Wildman–Crippen MR) is 107 cm³/mol. The molecule has 0 amide bonds. The second-order valence-corrected chi connectivity index (χ2v) is 6.25. The fourth-order valence-electron chi connectivity index (χ4n) is 2.87. The number of rotatable bonds is 7. The Balaban J connectivity index is 1.77. The van der Waals surface area contributed by atoms with E-state index in [-0.39, 0.29) is 17.5 Å². The van der Waals surface area contributed by atoms with E-state index in [1.807, 2.05) is 24.3 Å². The summed E-state index contributed by atoms with van der Waals surface area (Å²) in [5, 5.41) is 7.44. The number of benzene rings is 2. The first-order valence-electron chi connectivity index (χ1n) is 8.99. The third kappa shape index (κ3) is 4.20. The van der Waals surface area contributed by atoms with Gasteiger partial charge >= 0.3 is 11.7 Å². The molecular formula is C21H22N4O3. The molecule has 0 atom stereocenters. The molecule has 0 saturated heterocycles. The van der Waals surface area contributed by atoms with Crippen LogP contribution in [0.5, 0.6) is 0 Å². The standard InChI is InChI=1S/C21H22N4O3/c1-2-28-19(26)12-5-15-3-8-17(9-4-15)24-13-14-25(21(24)27)18-10-6-16(7-11-18)20(22)23/h3-4,6-11,13-14H,2,5,12H2,1H3,(H3,22,23). The Morgan fingerprint density at radius 1 is 1.00 bits per heavy atom. The first-order chi connectivity index (χ1) is 13.5. The molecule has 0 spiro atoms. The molecule has 0 bridgehead atoms. The smallest absolute Gasteiger partial charge is 0.337 e. The lowest BCUT2D eigenvalue weighted by molar-refractivity contribution is -0.143. The number of nitrogens with one attached hydrogen (secondary N) is 1. The first-order valence-corrected chi connectivity index (χ1v) is 8.99. The van der Waals surface area contributed by atoms with Gasteiger partial charge in [-0.25, -0.2) is 4.79 Å². The summed E-state index contributed by atoms with van der Waals surface area (Å²) in [6, 6.07) is 14.4. The van der Waals surface area contributed by atoms with Crippen LogP contribution >= 0.6 is 0 Å². The molecule has 3 aromatic rings. The monoisotopic (exact) mass is 378 g/mol. The molecule has 2 aromatic carbocycles. The molecule has 0 fully saturated rings. The van der Waals surface area contributed by atoms with Gasteiger partial charge in [0.05, 0.1) is 18.0 Å². The van der Waals surface area contributed by atoms with Crippen LogP contribution in [0.1, 0.15) is 24.5 Å². The van der Waals surface area contributed by atoms with Crippen molar-refractivity contribution in [2.75, 3.05) is 6.61 Å². The second-order valence-electron chi connectivity index (χ2n) is 6.25. The van der Waals surface area contributed by atoms with Crippen molar-refractivity contribution in [3.63, 3.8) is 0 Å². The van der Waals surface area contributed by atoms with Gasteiger partial charge in [-0.1, -0.05) is 12.1 Å². The molecule has 7 nitrogen and oxygen atoms in total. The van der Waals surface area contributed by atoms with Crippen molar-refractivity contribution >= 4 is 11.8 Å². The van der Waals surface area contributed by atoms with Gasteiger partial charge in [0.1, 0.15) is 5.84 Å². The fraction of sp³-hybridized carbons (Fsp3) is 0.190. The van der Waals surface area contributed by atoms with Gasteiger partial charge in [-0.2, -0.15) is 0 Å². The summed E-state index contributed by atoms with van der Waals surface area (Å²) in [7, 11) is 0. The van der Waals surface area contributed by atoms with Crippen LogP contribution in [0.2, 0.25) is 0 Å². The lowest BCUT2D eigenvalue weighted by atomic mass is 10.1. The SMILES string of the molecule is CCOC(=O)CCc1ccc(-n2ccn(-c3ccc(C(=N)N)cc3)c2=O)cc1. The minimum absolute atomic E-state index is 0.0143. The number of esters is 1. The number of nitrogens with two attached hydrogens (primary N) is 1. The zero-order valence-electron chi connectivity index (χ0n) is 15.6. The normalized spacial score (nSPS) is 10.6. The Kier molecular flexibility index (Phi) is 5.74. The van der Waals surface area contributed by atoms with E-state index in [4.69, 9.17) is 15.9 Å². The van der Waals surface area contributed by atoms with Gasteiger partial charge in [-0.15, -0.1) is 0 Å². The molecule has 0 aliphatic heterocycles. The van der Waals surface area contributed by atoms with E-state index in [0.717, 1.165) is 11.3 Å². The Bertz CT molecular complexity index is 1030. The average molecular weight is 378 g/mol. The summed E-state index contributed by atoms with van der Waals surface area (Å²) in [5.41, 5.74) is 8.31. The number of carbonyl (C=O) groups excluding carboxylic acids is 1. The Morgan fingerprint density at radius 3 is 2.04 bits per heavy atom. The van der Waals surface area contributed by atoms with Gasteiger partial charge < -0.3 is 10.5 Å². The van der Waals surface area contributed by atoms with Crippen LogP contribution in [0.3, 0.4) is 0 Å². The van der Waals surface area contributed by atoms with Gasteiger partial charge in [0.2, 0.25) is 0 Å². The Hall–Kier alpha value is -3.61. The van der Waals surface area contributed by atoms with Crippen LogP contribution in [0.4, 0.5) is 0 Å². The molecule has 1 aromatic heterocycles. The van der Waals surface area contributed by atoms with Crippen molar-refractivity contribution in [1.29, 1.82) is 5.41 Å². The van der Waals surface area contributed by atoms with Gasteiger partial charge in [-0.3, -0.25) is 19.3 Å².